The van der Waals surface area contributed by atoms with Crippen molar-refractivity contribution in [1.29, 1.82) is 0 Å². The van der Waals surface area contributed by atoms with Crippen LogP contribution >= 0.6 is 0 Å². The smallest absolute Gasteiger partial charge is 0.231 e. The minimum atomic E-state index is 0.0579. The van der Waals surface area contributed by atoms with Crippen molar-refractivity contribution < 1.29 is 19.0 Å². The number of amides is 1. The predicted octanol–water partition coefficient (Wildman–Crippen LogP) is 3.13. The van der Waals surface area contributed by atoms with Gasteiger partial charge < -0.3 is 19.1 Å². The second-order valence-corrected chi connectivity index (χ2v) is 6.70. The molecule has 136 valence electrons. The van der Waals surface area contributed by atoms with Gasteiger partial charge in [-0.25, -0.2) is 0 Å². The molecule has 5 nitrogen and oxygen atoms in total. The first-order valence-electron chi connectivity index (χ1n) is 9.07. The number of carbonyl (C=O) groups is 1. The Kier molecular flexibility index (Phi) is 4.80. The van der Waals surface area contributed by atoms with Gasteiger partial charge in [-0.3, -0.25) is 4.79 Å². The summed E-state index contributed by atoms with van der Waals surface area (Å²) in [7, 11) is 0. The number of carbonyl (C=O) groups excluding carboxylic acids is 1. The number of para-hydroxylation sites is 2. The highest BCUT2D eigenvalue weighted by Gasteiger charge is 2.26. The van der Waals surface area contributed by atoms with Crippen LogP contribution in [0.2, 0.25) is 0 Å². The average molecular weight is 353 g/mol. The van der Waals surface area contributed by atoms with Gasteiger partial charge >= 0.3 is 0 Å². The summed E-state index contributed by atoms with van der Waals surface area (Å²) in [5.74, 6) is 1.61. The molecular formula is C21H23NO4. The fraction of sp³-hybridized carbons (Fsp3) is 0.381. The number of aryl methyl sites for hydroxylation is 1. The lowest BCUT2D eigenvalue weighted by atomic mass is 10.1. The Bertz CT molecular complexity index is 798. The van der Waals surface area contributed by atoms with Crippen molar-refractivity contribution >= 4 is 11.6 Å². The number of rotatable bonds is 4. The van der Waals surface area contributed by atoms with Gasteiger partial charge in [0.25, 0.3) is 0 Å². The molecule has 4 rings (SSSR count). The highest BCUT2D eigenvalue weighted by atomic mass is 16.5. The molecule has 0 spiro atoms. The highest BCUT2D eigenvalue weighted by Crippen LogP contribution is 2.35. The monoisotopic (exact) mass is 353 g/mol. The van der Waals surface area contributed by atoms with Gasteiger partial charge in [0.1, 0.15) is 24.2 Å². The Morgan fingerprint density at radius 2 is 2.08 bits per heavy atom. The fourth-order valence-corrected chi connectivity index (χ4v) is 3.51. The topological polar surface area (TPSA) is 48.0 Å². The largest absolute Gasteiger partial charge is 0.490 e. The Labute approximate surface area is 153 Å². The maximum absolute atomic E-state index is 13.1. The first-order chi connectivity index (χ1) is 12.7. The third kappa shape index (κ3) is 3.40. The summed E-state index contributed by atoms with van der Waals surface area (Å²) < 4.78 is 17.2. The summed E-state index contributed by atoms with van der Waals surface area (Å²) in [6, 6.07) is 13.6. The second-order valence-electron chi connectivity index (χ2n) is 6.70. The number of hydrogen-bond acceptors (Lipinski definition) is 4. The molecule has 0 aliphatic carbocycles. The standard InChI is InChI=1S/C21H23NO4/c1-15-5-4-8-19-21(15)22(10-12-25-19)20(23)13-16-6-2-3-7-18(16)26-17-9-11-24-14-17/h2-8,17H,9-14H2,1H3. The molecule has 1 fully saturated rings. The van der Waals surface area contributed by atoms with Gasteiger partial charge in [0, 0.05) is 12.0 Å². The molecule has 2 heterocycles. The zero-order valence-corrected chi connectivity index (χ0v) is 14.9. The van der Waals surface area contributed by atoms with E-state index in [1.54, 1.807) is 0 Å². The first kappa shape index (κ1) is 16.9. The van der Waals surface area contributed by atoms with Crippen LogP contribution < -0.4 is 14.4 Å². The number of hydrogen-bond donors (Lipinski definition) is 0. The number of anilines is 1. The van der Waals surface area contributed by atoms with E-state index in [1.807, 2.05) is 54.3 Å². The zero-order chi connectivity index (χ0) is 17.9. The third-order valence-electron chi connectivity index (χ3n) is 4.84. The van der Waals surface area contributed by atoms with Crippen molar-refractivity contribution in [3.05, 3.63) is 53.6 Å². The van der Waals surface area contributed by atoms with Gasteiger partial charge in [-0.1, -0.05) is 30.3 Å². The lowest BCUT2D eigenvalue weighted by Crippen LogP contribution is -2.39. The first-order valence-corrected chi connectivity index (χ1v) is 9.07. The Morgan fingerprint density at radius 3 is 2.92 bits per heavy atom. The number of ether oxygens (including phenoxy) is 3. The molecule has 0 radical (unpaired) electrons. The Hall–Kier alpha value is -2.53. The van der Waals surface area contributed by atoms with Crippen molar-refractivity contribution in [2.75, 3.05) is 31.3 Å². The number of nitrogens with zero attached hydrogens (tertiary/aromatic N) is 1. The molecule has 2 aliphatic rings. The lowest BCUT2D eigenvalue weighted by molar-refractivity contribution is -0.118. The lowest BCUT2D eigenvalue weighted by Gasteiger charge is -2.31. The predicted molar refractivity (Wildman–Crippen MR) is 99.0 cm³/mol. The minimum absolute atomic E-state index is 0.0579. The molecule has 0 N–H and O–H groups in total. The van der Waals surface area contributed by atoms with E-state index in [0.29, 0.717) is 26.2 Å². The maximum Gasteiger partial charge on any atom is 0.231 e. The molecule has 1 amide bonds. The van der Waals surface area contributed by atoms with Crippen LogP contribution in [0.4, 0.5) is 5.69 Å². The van der Waals surface area contributed by atoms with Crippen LogP contribution in [0.15, 0.2) is 42.5 Å². The van der Waals surface area contributed by atoms with E-state index < -0.39 is 0 Å². The van der Waals surface area contributed by atoms with Crippen LogP contribution in [0.25, 0.3) is 0 Å². The summed E-state index contributed by atoms with van der Waals surface area (Å²) in [5, 5.41) is 0. The van der Waals surface area contributed by atoms with Crippen molar-refractivity contribution in [2.45, 2.75) is 25.9 Å². The minimum Gasteiger partial charge on any atom is -0.490 e. The molecule has 5 heteroatoms. The highest BCUT2D eigenvalue weighted by molar-refractivity contribution is 5.97. The van der Waals surface area contributed by atoms with E-state index in [-0.39, 0.29) is 12.0 Å². The van der Waals surface area contributed by atoms with Crippen molar-refractivity contribution in [2.24, 2.45) is 0 Å². The Morgan fingerprint density at radius 1 is 1.19 bits per heavy atom. The van der Waals surface area contributed by atoms with Gasteiger partial charge in [0.05, 0.1) is 31.9 Å². The van der Waals surface area contributed by atoms with Gasteiger partial charge in [0.15, 0.2) is 0 Å². The molecule has 2 aliphatic heterocycles. The molecule has 0 saturated carbocycles. The van der Waals surface area contributed by atoms with E-state index in [9.17, 15) is 4.79 Å². The normalized spacial score (nSPS) is 19.0. The maximum atomic E-state index is 13.1. The van der Waals surface area contributed by atoms with E-state index in [1.165, 1.54) is 0 Å². The van der Waals surface area contributed by atoms with E-state index >= 15 is 0 Å². The van der Waals surface area contributed by atoms with Crippen LogP contribution in [-0.4, -0.2) is 38.4 Å². The Balaban J connectivity index is 1.55. The van der Waals surface area contributed by atoms with E-state index in [4.69, 9.17) is 14.2 Å². The van der Waals surface area contributed by atoms with Crippen LogP contribution in [0.1, 0.15) is 17.5 Å². The van der Waals surface area contributed by atoms with E-state index in [2.05, 4.69) is 0 Å². The van der Waals surface area contributed by atoms with Crippen LogP contribution in [0.3, 0.4) is 0 Å². The summed E-state index contributed by atoms with van der Waals surface area (Å²) >= 11 is 0. The molecule has 2 aromatic carbocycles. The summed E-state index contributed by atoms with van der Waals surface area (Å²) in [4.78, 5) is 14.9. The number of benzene rings is 2. The molecule has 1 unspecified atom stereocenters. The fourth-order valence-electron chi connectivity index (χ4n) is 3.51. The molecule has 0 aromatic heterocycles. The SMILES string of the molecule is Cc1cccc2c1N(C(=O)Cc1ccccc1OC1CCOC1)CCO2. The summed E-state index contributed by atoms with van der Waals surface area (Å²) in [6.45, 7) is 4.43. The summed E-state index contributed by atoms with van der Waals surface area (Å²) in [5.41, 5.74) is 2.83. The quantitative estimate of drug-likeness (QED) is 0.847. The molecule has 1 saturated heterocycles. The van der Waals surface area contributed by atoms with Crippen molar-refractivity contribution in [3.8, 4) is 11.5 Å². The van der Waals surface area contributed by atoms with Crippen LogP contribution in [0.5, 0.6) is 11.5 Å². The average Bonchev–Trinajstić information content (AvgIpc) is 3.16. The van der Waals surface area contributed by atoms with Crippen LogP contribution in [0, 0.1) is 6.92 Å². The van der Waals surface area contributed by atoms with Gasteiger partial charge in [-0.15, -0.1) is 0 Å². The number of fused-ring (bicyclic) bond motifs is 1. The molecule has 26 heavy (non-hydrogen) atoms. The molecular weight excluding hydrogens is 330 g/mol. The molecule has 0 bridgehead atoms. The molecule has 1 atom stereocenters. The summed E-state index contributed by atoms with van der Waals surface area (Å²) in [6.07, 6.45) is 1.26. The van der Waals surface area contributed by atoms with Crippen molar-refractivity contribution in [3.63, 3.8) is 0 Å². The zero-order valence-electron chi connectivity index (χ0n) is 14.9. The van der Waals surface area contributed by atoms with Gasteiger partial charge in [-0.2, -0.15) is 0 Å². The van der Waals surface area contributed by atoms with Gasteiger partial charge in [0.2, 0.25) is 5.91 Å². The van der Waals surface area contributed by atoms with Crippen LogP contribution in [-0.2, 0) is 16.0 Å². The second kappa shape index (κ2) is 7.38. The molecule has 2 aromatic rings. The van der Waals surface area contributed by atoms with Crippen molar-refractivity contribution in [1.82, 2.24) is 0 Å². The third-order valence-corrected chi connectivity index (χ3v) is 4.84. The van der Waals surface area contributed by atoms with Gasteiger partial charge in [-0.05, 0) is 24.6 Å². The van der Waals surface area contributed by atoms with E-state index in [0.717, 1.165) is 41.3 Å².